The minimum atomic E-state index is 1.12. The van der Waals surface area contributed by atoms with Crippen LogP contribution in [0.3, 0.4) is 0 Å². The first-order valence-electron chi connectivity index (χ1n) is 18.4. The average molecular weight is 697 g/mol. The van der Waals surface area contributed by atoms with Crippen LogP contribution >= 0.6 is 0 Å². The maximum absolute atomic E-state index is 2.29. The zero-order valence-electron chi connectivity index (χ0n) is 30.8. The molecule has 0 aromatic heterocycles. The Kier molecular flexibility index (Phi) is 11.5. The van der Waals surface area contributed by atoms with Crippen LogP contribution in [0.15, 0.2) is 206 Å². The number of allylic oxidation sites excluding steroid dienone is 4. The third kappa shape index (κ3) is 9.30. The van der Waals surface area contributed by atoms with Crippen molar-refractivity contribution >= 4 is 58.4 Å². The van der Waals surface area contributed by atoms with Crippen molar-refractivity contribution in [3.05, 3.63) is 240 Å². The van der Waals surface area contributed by atoms with E-state index in [1.54, 1.807) is 0 Å². The number of anilines is 6. The second-order valence-corrected chi connectivity index (χ2v) is 13.3. The van der Waals surface area contributed by atoms with Gasteiger partial charge in [-0.2, -0.15) is 0 Å². The third-order valence-corrected chi connectivity index (χ3v) is 9.20. The van der Waals surface area contributed by atoms with E-state index in [2.05, 4.69) is 254 Å². The standard InChI is InChI=1S/C52H44N2/c1-41-24-32-49(33-25-41)53(47-20-5-3-6-21-47)51-36-28-43(29-37-51)14-9-11-16-45-18-13-19-46(40-45)17-12-10-15-44-30-38-52(39-31-44)54(48-22-7-4-8-23-48)50-34-26-42(2)27-35-50/h3-40H,1-2H3/b14-9+,15-10+,16-11+,17-12+. The molecule has 54 heavy (non-hydrogen) atoms. The number of nitrogens with zero attached hydrogens (tertiary/aromatic N) is 2. The Morgan fingerprint density at radius 1 is 0.278 bits per heavy atom. The van der Waals surface area contributed by atoms with Gasteiger partial charge in [0, 0.05) is 34.1 Å². The van der Waals surface area contributed by atoms with Gasteiger partial charge in [-0.15, -0.1) is 0 Å². The van der Waals surface area contributed by atoms with Crippen molar-refractivity contribution in [1.82, 2.24) is 0 Å². The largest absolute Gasteiger partial charge is 0.311 e. The highest BCUT2D eigenvalue weighted by Crippen LogP contribution is 2.36. The second kappa shape index (κ2) is 17.5. The van der Waals surface area contributed by atoms with Gasteiger partial charge in [0.05, 0.1) is 0 Å². The summed E-state index contributed by atoms with van der Waals surface area (Å²) in [5, 5.41) is 0. The van der Waals surface area contributed by atoms with Crippen LogP contribution in [-0.2, 0) is 0 Å². The van der Waals surface area contributed by atoms with Crippen molar-refractivity contribution in [2.45, 2.75) is 13.8 Å². The second-order valence-electron chi connectivity index (χ2n) is 13.3. The van der Waals surface area contributed by atoms with E-state index in [0.29, 0.717) is 0 Å². The first-order valence-corrected chi connectivity index (χ1v) is 18.4. The van der Waals surface area contributed by atoms with Crippen LogP contribution in [0.4, 0.5) is 34.1 Å². The van der Waals surface area contributed by atoms with E-state index in [1.165, 1.54) is 11.1 Å². The fourth-order valence-electron chi connectivity index (χ4n) is 6.34. The number of aryl methyl sites for hydroxylation is 2. The summed E-state index contributed by atoms with van der Waals surface area (Å²) in [6.07, 6.45) is 17.0. The summed E-state index contributed by atoms with van der Waals surface area (Å²) in [7, 11) is 0. The van der Waals surface area contributed by atoms with Crippen molar-refractivity contribution < 1.29 is 0 Å². The van der Waals surface area contributed by atoms with Gasteiger partial charge in [0.15, 0.2) is 0 Å². The van der Waals surface area contributed by atoms with Gasteiger partial charge in [-0.3, -0.25) is 0 Å². The molecule has 0 aliphatic rings. The average Bonchev–Trinajstić information content (AvgIpc) is 3.22. The highest BCUT2D eigenvalue weighted by Gasteiger charge is 2.13. The lowest BCUT2D eigenvalue weighted by atomic mass is 10.1. The van der Waals surface area contributed by atoms with Crippen LogP contribution in [-0.4, -0.2) is 0 Å². The summed E-state index contributed by atoms with van der Waals surface area (Å²) in [4.78, 5) is 4.57. The van der Waals surface area contributed by atoms with Crippen molar-refractivity contribution in [2.75, 3.05) is 9.80 Å². The van der Waals surface area contributed by atoms with Gasteiger partial charge in [-0.05, 0) is 115 Å². The Balaban J connectivity index is 0.965. The topological polar surface area (TPSA) is 6.48 Å². The van der Waals surface area contributed by atoms with Crippen LogP contribution in [0.25, 0.3) is 24.3 Å². The van der Waals surface area contributed by atoms with Gasteiger partial charge in [0.2, 0.25) is 0 Å². The molecule has 0 aliphatic heterocycles. The lowest BCUT2D eigenvalue weighted by Crippen LogP contribution is -2.09. The molecule has 0 spiro atoms. The van der Waals surface area contributed by atoms with Crippen LogP contribution in [0, 0.1) is 13.8 Å². The lowest BCUT2D eigenvalue weighted by molar-refractivity contribution is 1.27. The molecule has 7 aromatic rings. The Hall–Kier alpha value is -6.90. The smallest absolute Gasteiger partial charge is 0.0462 e. The van der Waals surface area contributed by atoms with E-state index in [1.807, 2.05) is 0 Å². The molecule has 0 radical (unpaired) electrons. The Labute approximate surface area is 320 Å². The summed E-state index contributed by atoms with van der Waals surface area (Å²) in [5.41, 5.74) is 13.9. The molecule has 0 aliphatic carbocycles. The fourth-order valence-corrected chi connectivity index (χ4v) is 6.34. The van der Waals surface area contributed by atoms with E-state index in [-0.39, 0.29) is 0 Å². The summed E-state index contributed by atoms with van der Waals surface area (Å²) in [6, 6.07) is 64.3. The molecule has 0 heterocycles. The first-order chi connectivity index (χ1) is 26.6. The zero-order valence-corrected chi connectivity index (χ0v) is 30.8. The van der Waals surface area contributed by atoms with E-state index in [0.717, 1.165) is 56.4 Å². The van der Waals surface area contributed by atoms with E-state index >= 15 is 0 Å². The quantitative estimate of drug-likeness (QED) is 0.117. The molecule has 2 heteroatoms. The van der Waals surface area contributed by atoms with Gasteiger partial charge < -0.3 is 9.80 Å². The van der Waals surface area contributed by atoms with Gasteiger partial charge >= 0.3 is 0 Å². The maximum Gasteiger partial charge on any atom is 0.0462 e. The predicted molar refractivity (Wildman–Crippen MR) is 234 cm³/mol. The molecule has 7 rings (SSSR count). The van der Waals surface area contributed by atoms with E-state index < -0.39 is 0 Å². The number of hydrogen-bond donors (Lipinski definition) is 0. The van der Waals surface area contributed by atoms with E-state index in [9.17, 15) is 0 Å². The van der Waals surface area contributed by atoms with Crippen molar-refractivity contribution in [3.8, 4) is 0 Å². The zero-order chi connectivity index (χ0) is 37.0. The Morgan fingerprint density at radius 2 is 0.574 bits per heavy atom. The molecule has 0 unspecified atom stereocenters. The lowest BCUT2D eigenvalue weighted by Gasteiger charge is -2.25. The summed E-state index contributed by atoms with van der Waals surface area (Å²) < 4.78 is 0. The van der Waals surface area contributed by atoms with Crippen LogP contribution in [0.2, 0.25) is 0 Å². The number of rotatable bonds is 12. The molecule has 7 aromatic carbocycles. The monoisotopic (exact) mass is 696 g/mol. The molecule has 0 fully saturated rings. The molecular weight excluding hydrogens is 653 g/mol. The van der Waals surface area contributed by atoms with Gasteiger partial charge in [-0.25, -0.2) is 0 Å². The molecule has 0 saturated carbocycles. The highest BCUT2D eigenvalue weighted by atomic mass is 15.1. The van der Waals surface area contributed by atoms with Crippen molar-refractivity contribution in [2.24, 2.45) is 0 Å². The minimum Gasteiger partial charge on any atom is -0.311 e. The molecular formula is C52H44N2. The first kappa shape index (κ1) is 35.5. The molecule has 0 atom stereocenters. The summed E-state index contributed by atoms with van der Waals surface area (Å²) in [5.74, 6) is 0. The van der Waals surface area contributed by atoms with Crippen molar-refractivity contribution in [3.63, 3.8) is 0 Å². The third-order valence-electron chi connectivity index (χ3n) is 9.20. The number of hydrogen-bond acceptors (Lipinski definition) is 2. The fraction of sp³-hybridized carbons (Fsp3) is 0.0385. The summed E-state index contributed by atoms with van der Waals surface area (Å²) in [6.45, 7) is 4.24. The van der Waals surface area contributed by atoms with Crippen molar-refractivity contribution in [1.29, 1.82) is 0 Å². The molecule has 2 nitrogen and oxygen atoms in total. The molecule has 262 valence electrons. The minimum absolute atomic E-state index is 1.12. The van der Waals surface area contributed by atoms with Gasteiger partial charge in [0.1, 0.15) is 0 Å². The van der Waals surface area contributed by atoms with Crippen LogP contribution in [0.1, 0.15) is 33.4 Å². The van der Waals surface area contributed by atoms with Crippen LogP contribution < -0.4 is 9.80 Å². The molecule has 0 amide bonds. The normalized spacial score (nSPS) is 11.6. The molecule has 0 saturated heterocycles. The summed E-state index contributed by atoms with van der Waals surface area (Å²) >= 11 is 0. The molecule has 0 bridgehead atoms. The Morgan fingerprint density at radius 3 is 0.926 bits per heavy atom. The SMILES string of the molecule is Cc1ccc(N(c2ccccc2)c2ccc(/C=C/C=C/c3cccc(/C=C/C=C/c4ccc(N(c5ccccc5)c5ccc(C)cc5)cc4)c3)cc2)cc1. The maximum atomic E-state index is 2.29. The Bertz CT molecular complexity index is 2180. The predicted octanol–water partition coefficient (Wildman–Crippen LogP) is 14.7. The number of para-hydroxylation sites is 2. The number of benzene rings is 7. The highest BCUT2D eigenvalue weighted by molar-refractivity contribution is 5.78. The molecule has 0 N–H and O–H groups in total. The van der Waals surface area contributed by atoms with Crippen LogP contribution in [0.5, 0.6) is 0 Å². The van der Waals surface area contributed by atoms with Gasteiger partial charge in [0.25, 0.3) is 0 Å². The van der Waals surface area contributed by atoms with E-state index in [4.69, 9.17) is 0 Å². The van der Waals surface area contributed by atoms with Gasteiger partial charge in [-0.1, -0.05) is 163 Å².